The Morgan fingerprint density at radius 3 is 2.88 bits per heavy atom. The van der Waals surface area contributed by atoms with Crippen LogP contribution in [0.4, 0.5) is 10.1 Å². The van der Waals surface area contributed by atoms with Gasteiger partial charge in [0.05, 0.1) is 5.69 Å². The number of hydrogen-bond donors (Lipinski definition) is 1. The predicted octanol–water partition coefficient (Wildman–Crippen LogP) is 4.08. The number of anilines is 1. The predicted molar refractivity (Wildman–Crippen MR) is 74.3 cm³/mol. The van der Waals surface area contributed by atoms with Crippen molar-refractivity contribution in [2.75, 3.05) is 16.8 Å². The molecule has 0 spiro atoms. The maximum atomic E-state index is 13.7. The molecule has 0 aromatic heterocycles. The highest BCUT2D eigenvalue weighted by Crippen LogP contribution is 2.36. The minimum absolute atomic E-state index is 0.151. The molecular formula is C14H20FNS. The van der Waals surface area contributed by atoms with E-state index in [1.54, 1.807) is 12.1 Å². The molecule has 0 amide bonds. The zero-order valence-electron chi connectivity index (χ0n) is 10.7. The van der Waals surface area contributed by atoms with E-state index in [4.69, 9.17) is 0 Å². The lowest BCUT2D eigenvalue weighted by molar-refractivity contribution is 0.304. The first kappa shape index (κ1) is 12.7. The average molecular weight is 253 g/mol. The SMILES string of the molecule is Cc1ccc(F)c(NC2CSCCC2(C)C)c1. The maximum absolute atomic E-state index is 13.7. The fourth-order valence-corrected chi connectivity index (χ4v) is 3.72. The first-order chi connectivity index (χ1) is 7.99. The van der Waals surface area contributed by atoms with Crippen LogP contribution < -0.4 is 5.32 Å². The van der Waals surface area contributed by atoms with Crippen molar-refractivity contribution >= 4 is 17.4 Å². The van der Waals surface area contributed by atoms with Crippen LogP contribution in [0.2, 0.25) is 0 Å². The van der Waals surface area contributed by atoms with Crippen molar-refractivity contribution in [1.82, 2.24) is 0 Å². The van der Waals surface area contributed by atoms with E-state index in [1.807, 2.05) is 24.8 Å². The number of hydrogen-bond acceptors (Lipinski definition) is 2. The van der Waals surface area contributed by atoms with Crippen molar-refractivity contribution in [3.05, 3.63) is 29.6 Å². The molecule has 1 aromatic carbocycles. The van der Waals surface area contributed by atoms with Gasteiger partial charge in [-0.25, -0.2) is 4.39 Å². The summed E-state index contributed by atoms with van der Waals surface area (Å²) in [6.07, 6.45) is 1.18. The third kappa shape index (κ3) is 2.95. The van der Waals surface area contributed by atoms with E-state index in [0.29, 0.717) is 11.7 Å². The Bertz CT molecular complexity index is 403. The first-order valence-electron chi connectivity index (χ1n) is 6.09. The van der Waals surface area contributed by atoms with E-state index >= 15 is 0 Å². The highest BCUT2D eigenvalue weighted by molar-refractivity contribution is 7.99. The molecule has 1 fully saturated rings. The minimum atomic E-state index is -0.151. The summed E-state index contributed by atoms with van der Waals surface area (Å²) < 4.78 is 13.7. The molecule has 1 aliphatic heterocycles. The van der Waals surface area contributed by atoms with Crippen molar-refractivity contribution in [2.24, 2.45) is 5.41 Å². The molecule has 0 bridgehead atoms. The third-order valence-electron chi connectivity index (χ3n) is 3.57. The van der Waals surface area contributed by atoms with Crippen molar-refractivity contribution in [3.8, 4) is 0 Å². The fourth-order valence-electron chi connectivity index (χ4n) is 2.11. The van der Waals surface area contributed by atoms with Crippen molar-refractivity contribution in [2.45, 2.75) is 33.2 Å². The Balaban J connectivity index is 2.16. The zero-order valence-corrected chi connectivity index (χ0v) is 11.5. The topological polar surface area (TPSA) is 12.0 Å². The summed E-state index contributed by atoms with van der Waals surface area (Å²) in [6.45, 7) is 6.52. The van der Waals surface area contributed by atoms with Gasteiger partial charge in [-0.15, -0.1) is 0 Å². The molecule has 1 heterocycles. The molecule has 0 saturated carbocycles. The van der Waals surface area contributed by atoms with E-state index in [2.05, 4.69) is 19.2 Å². The Hall–Kier alpha value is -0.700. The molecule has 0 radical (unpaired) electrons. The highest BCUT2D eigenvalue weighted by Gasteiger charge is 2.32. The van der Waals surface area contributed by atoms with E-state index < -0.39 is 0 Å². The van der Waals surface area contributed by atoms with Gasteiger partial charge in [0.25, 0.3) is 0 Å². The van der Waals surface area contributed by atoms with Gasteiger partial charge in [0, 0.05) is 11.8 Å². The van der Waals surface area contributed by atoms with Crippen LogP contribution in [0, 0.1) is 18.2 Å². The molecule has 17 heavy (non-hydrogen) atoms. The van der Waals surface area contributed by atoms with Gasteiger partial charge < -0.3 is 5.32 Å². The van der Waals surface area contributed by atoms with Crippen LogP contribution in [0.3, 0.4) is 0 Å². The molecule has 1 aliphatic rings. The molecule has 3 heteroatoms. The summed E-state index contributed by atoms with van der Waals surface area (Å²) in [5.41, 5.74) is 1.97. The number of benzene rings is 1. The van der Waals surface area contributed by atoms with Gasteiger partial charge in [-0.3, -0.25) is 0 Å². The molecular weight excluding hydrogens is 233 g/mol. The van der Waals surface area contributed by atoms with Gasteiger partial charge in [0.15, 0.2) is 0 Å². The second kappa shape index (κ2) is 4.89. The van der Waals surface area contributed by atoms with Crippen LogP contribution in [0.15, 0.2) is 18.2 Å². The summed E-state index contributed by atoms with van der Waals surface area (Å²) in [5.74, 6) is 2.11. The molecule has 1 saturated heterocycles. The Morgan fingerprint density at radius 2 is 2.18 bits per heavy atom. The fraction of sp³-hybridized carbons (Fsp3) is 0.571. The van der Waals surface area contributed by atoms with Gasteiger partial charge in [-0.1, -0.05) is 19.9 Å². The molecule has 1 unspecified atom stereocenters. The summed E-state index contributed by atoms with van der Waals surface area (Å²) >= 11 is 1.95. The molecule has 1 N–H and O–H groups in total. The molecule has 1 aromatic rings. The molecule has 1 nitrogen and oxygen atoms in total. The van der Waals surface area contributed by atoms with Gasteiger partial charge in [-0.2, -0.15) is 11.8 Å². The average Bonchev–Trinajstić information content (AvgIpc) is 2.26. The second-order valence-electron chi connectivity index (χ2n) is 5.49. The Morgan fingerprint density at radius 1 is 1.41 bits per heavy atom. The number of rotatable bonds is 2. The van der Waals surface area contributed by atoms with Crippen molar-refractivity contribution < 1.29 is 4.39 Å². The normalized spacial score (nSPS) is 23.4. The summed E-state index contributed by atoms with van der Waals surface area (Å²) in [5, 5.41) is 3.38. The monoisotopic (exact) mass is 253 g/mol. The van der Waals surface area contributed by atoms with Gasteiger partial charge >= 0.3 is 0 Å². The van der Waals surface area contributed by atoms with Gasteiger partial charge in [0.1, 0.15) is 5.82 Å². The van der Waals surface area contributed by atoms with Crippen LogP contribution in [0.5, 0.6) is 0 Å². The largest absolute Gasteiger partial charge is 0.379 e. The first-order valence-corrected chi connectivity index (χ1v) is 7.25. The minimum Gasteiger partial charge on any atom is -0.379 e. The lowest BCUT2D eigenvalue weighted by Gasteiger charge is -2.39. The van der Waals surface area contributed by atoms with Crippen LogP contribution >= 0.6 is 11.8 Å². The summed E-state index contributed by atoms with van der Waals surface area (Å²) in [7, 11) is 0. The van der Waals surface area contributed by atoms with Crippen LogP contribution in [0.1, 0.15) is 25.8 Å². The number of aryl methyl sites for hydroxylation is 1. The smallest absolute Gasteiger partial charge is 0.146 e. The quantitative estimate of drug-likeness (QED) is 0.852. The number of halogens is 1. The molecule has 0 aliphatic carbocycles. The molecule has 94 valence electrons. The van der Waals surface area contributed by atoms with E-state index in [1.165, 1.54) is 12.2 Å². The third-order valence-corrected chi connectivity index (χ3v) is 4.63. The highest BCUT2D eigenvalue weighted by atomic mass is 32.2. The van der Waals surface area contributed by atoms with Crippen LogP contribution in [-0.2, 0) is 0 Å². The van der Waals surface area contributed by atoms with Crippen LogP contribution in [-0.4, -0.2) is 17.5 Å². The van der Waals surface area contributed by atoms with Gasteiger partial charge in [0.2, 0.25) is 0 Å². The van der Waals surface area contributed by atoms with E-state index in [9.17, 15) is 4.39 Å². The molecule has 2 rings (SSSR count). The zero-order chi connectivity index (χ0) is 12.5. The van der Waals surface area contributed by atoms with E-state index in [-0.39, 0.29) is 11.2 Å². The second-order valence-corrected chi connectivity index (χ2v) is 6.64. The number of nitrogens with one attached hydrogen (secondary N) is 1. The lowest BCUT2D eigenvalue weighted by atomic mass is 9.82. The van der Waals surface area contributed by atoms with Crippen molar-refractivity contribution in [1.29, 1.82) is 0 Å². The molecule has 1 atom stereocenters. The van der Waals surface area contributed by atoms with Crippen molar-refractivity contribution in [3.63, 3.8) is 0 Å². The van der Waals surface area contributed by atoms with Crippen LogP contribution in [0.25, 0.3) is 0 Å². The Kier molecular flexibility index (Phi) is 3.67. The van der Waals surface area contributed by atoms with Gasteiger partial charge in [-0.05, 0) is 42.2 Å². The van der Waals surface area contributed by atoms with E-state index in [0.717, 1.165) is 11.3 Å². The lowest BCUT2D eigenvalue weighted by Crippen LogP contribution is -2.41. The number of thioether (sulfide) groups is 1. The Labute approximate surface area is 107 Å². The standard InChI is InChI=1S/C14H20FNS/c1-10-4-5-11(15)12(8-10)16-13-9-17-7-6-14(13,2)3/h4-5,8,13,16H,6-7,9H2,1-3H3. The summed E-state index contributed by atoms with van der Waals surface area (Å²) in [6, 6.07) is 5.59. The maximum Gasteiger partial charge on any atom is 0.146 e. The summed E-state index contributed by atoms with van der Waals surface area (Å²) in [4.78, 5) is 0.